The number of hydrogen-bond donors (Lipinski definition) is 0. The maximum atomic E-state index is 12.6. The van der Waals surface area contributed by atoms with Gasteiger partial charge in [-0.1, -0.05) is 0 Å². The molecule has 1 saturated heterocycles. The molecule has 3 heterocycles. The van der Waals surface area contributed by atoms with E-state index in [1.54, 1.807) is 11.1 Å². The van der Waals surface area contributed by atoms with Crippen molar-refractivity contribution in [3.8, 4) is 5.75 Å². The van der Waals surface area contributed by atoms with Gasteiger partial charge in [0.2, 0.25) is 5.91 Å². The van der Waals surface area contributed by atoms with Crippen molar-refractivity contribution < 1.29 is 9.53 Å². The van der Waals surface area contributed by atoms with E-state index in [-0.39, 0.29) is 17.7 Å². The van der Waals surface area contributed by atoms with Crippen LogP contribution in [0.4, 0.5) is 0 Å². The number of ether oxygens (including phenoxy) is 1. The van der Waals surface area contributed by atoms with Crippen LogP contribution in [0.1, 0.15) is 17.9 Å². The molecule has 27 heavy (non-hydrogen) atoms. The zero-order valence-corrected chi connectivity index (χ0v) is 16.6. The monoisotopic (exact) mass is 371 g/mol. The summed E-state index contributed by atoms with van der Waals surface area (Å²) in [5.74, 6) is 2.24. The first-order valence-electron chi connectivity index (χ1n) is 9.37. The number of imidazole rings is 1. The molecule has 0 spiro atoms. The number of rotatable bonds is 6. The summed E-state index contributed by atoms with van der Waals surface area (Å²) in [6.45, 7) is 4.93. The van der Waals surface area contributed by atoms with Gasteiger partial charge < -0.3 is 14.2 Å². The summed E-state index contributed by atoms with van der Waals surface area (Å²) in [7, 11) is 5.65. The van der Waals surface area contributed by atoms with Crippen molar-refractivity contribution in [2.45, 2.75) is 19.9 Å². The Kier molecular flexibility index (Phi) is 6.11. The number of piperidine rings is 1. The van der Waals surface area contributed by atoms with E-state index in [1.807, 2.05) is 57.2 Å². The van der Waals surface area contributed by atoms with Crippen LogP contribution in [-0.4, -0.2) is 64.0 Å². The lowest BCUT2D eigenvalue weighted by atomic mass is 9.88. The highest BCUT2D eigenvalue weighted by Crippen LogP contribution is 2.25. The molecule has 0 aromatic carbocycles. The fourth-order valence-electron chi connectivity index (χ4n) is 3.60. The van der Waals surface area contributed by atoms with Gasteiger partial charge in [0, 0.05) is 58.2 Å². The number of amides is 1. The van der Waals surface area contributed by atoms with E-state index in [0.29, 0.717) is 6.61 Å². The highest BCUT2D eigenvalue weighted by molar-refractivity contribution is 5.78. The number of pyridine rings is 1. The molecular formula is C20H29N5O2. The Hall–Kier alpha value is -2.41. The third kappa shape index (κ3) is 5.07. The van der Waals surface area contributed by atoms with Crippen molar-refractivity contribution >= 4 is 5.91 Å². The third-order valence-corrected chi connectivity index (χ3v) is 5.06. The minimum atomic E-state index is -0.0150. The summed E-state index contributed by atoms with van der Waals surface area (Å²) in [5, 5.41) is 0. The van der Waals surface area contributed by atoms with Crippen molar-refractivity contribution in [3.63, 3.8) is 0 Å². The van der Waals surface area contributed by atoms with Crippen LogP contribution in [0.25, 0.3) is 0 Å². The van der Waals surface area contributed by atoms with E-state index >= 15 is 0 Å². The van der Waals surface area contributed by atoms with Crippen molar-refractivity contribution in [1.29, 1.82) is 0 Å². The molecule has 0 N–H and O–H groups in total. The Morgan fingerprint density at radius 2 is 2.11 bits per heavy atom. The van der Waals surface area contributed by atoms with Gasteiger partial charge in [-0.25, -0.2) is 4.98 Å². The molecule has 1 fully saturated rings. The lowest BCUT2D eigenvalue weighted by molar-refractivity contribution is -0.135. The molecule has 0 unspecified atom stereocenters. The number of nitrogens with zero attached hydrogens (tertiary/aromatic N) is 5. The number of aryl methyl sites for hydroxylation is 2. The van der Waals surface area contributed by atoms with E-state index < -0.39 is 0 Å². The molecule has 0 bridgehead atoms. The summed E-state index contributed by atoms with van der Waals surface area (Å²) in [4.78, 5) is 25.3. The SMILES string of the molecule is Cc1ccc(OC[C@H]2C[C@@H](C(=O)N(C)C)CN(Cc3nccn3C)C2)cn1. The van der Waals surface area contributed by atoms with Crippen LogP contribution in [0.5, 0.6) is 5.75 Å². The molecule has 1 amide bonds. The van der Waals surface area contributed by atoms with Crippen LogP contribution in [0.3, 0.4) is 0 Å². The van der Waals surface area contributed by atoms with Gasteiger partial charge in [0.25, 0.3) is 0 Å². The van der Waals surface area contributed by atoms with Crippen molar-refractivity contribution in [1.82, 2.24) is 24.3 Å². The fourth-order valence-corrected chi connectivity index (χ4v) is 3.60. The number of carbonyl (C=O) groups is 1. The predicted octanol–water partition coefficient (Wildman–Crippen LogP) is 1.73. The Morgan fingerprint density at radius 3 is 2.74 bits per heavy atom. The maximum Gasteiger partial charge on any atom is 0.226 e. The summed E-state index contributed by atoms with van der Waals surface area (Å²) >= 11 is 0. The standard InChI is InChI=1S/C20H29N5O2/c1-15-5-6-18(10-22-15)27-14-16-9-17(20(26)23(2)3)12-25(11-16)13-19-21-7-8-24(19)4/h5-8,10,16-17H,9,11-14H2,1-4H3/t16-,17+/m0/s1. The van der Waals surface area contributed by atoms with E-state index in [4.69, 9.17) is 4.74 Å². The van der Waals surface area contributed by atoms with Crippen molar-refractivity contribution in [3.05, 3.63) is 42.2 Å². The third-order valence-electron chi connectivity index (χ3n) is 5.06. The quantitative estimate of drug-likeness (QED) is 0.774. The average molecular weight is 371 g/mol. The predicted molar refractivity (Wildman–Crippen MR) is 103 cm³/mol. The van der Waals surface area contributed by atoms with Crippen LogP contribution in [0, 0.1) is 18.8 Å². The van der Waals surface area contributed by atoms with E-state index in [0.717, 1.165) is 43.3 Å². The zero-order valence-electron chi connectivity index (χ0n) is 16.6. The van der Waals surface area contributed by atoms with E-state index in [2.05, 4.69) is 14.9 Å². The Labute approximate surface area is 161 Å². The second-order valence-electron chi connectivity index (χ2n) is 7.63. The average Bonchev–Trinajstić information content (AvgIpc) is 3.05. The molecule has 0 aliphatic carbocycles. The van der Waals surface area contributed by atoms with Crippen molar-refractivity contribution in [2.24, 2.45) is 18.9 Å². The number of aromatic nitrogens is 3. The molecule has 146 valence electrons. The lowest BCUT2D eigenvalue weighted by Gasteiger charge is -2.37. The maximum absolute atomic E-state index is 12.6. The minimum absolute atomic E-state index is 0.0150. The highest BCUT2D eigenvalue weighted by Gasteiger charge is 2.33. The topological polar surface area (TPSA) is 63.5 Å². The zero-order chi connectivity index (χ0) is 19.4. The molecule has 7 nitrogen and oxygen atoms in total. The second-order valence-corrected chi connectivity index (χ2v) is 7.63. The largest absolute Gasteiger partial charge is 0.492 e. The normalized spacial score (nSPS) is 20.4. The number of likely N-dealkylation sites (tertiary alicyclic amines) is 1. The number of hydrogen-bond acceptors (Lipinski definition) is 5. The van der Waals surface area contributed by atoms with E-state index in [9.17, 15) is 4.79 Å². The Morgan fingerprint density at radius 1 is 1.30 bits per heavy atom. The van der Waals surface area contributed by atoms with Crippen LogP contribution in [-0.2, 0) is 18.4 Å². The van der Waals surface area contributed by atoms with Gasteiger partial charge in [0.15, 0.2) is 0 Å². The molecule has 2 atom stereocenters. The van der Waals surface area contributed by atoms with Gasteiger partial charge in [-0.05, 0) is 25.5 Å². The molecule has 0 radical (unpaired) electrons. The first kappa shape index (κ1) is 19.4. The van der Waals surface area contributed by atoms with E-state index in [1.165, 1.54) is 0 Å². The molecule has 2 aromatic heterocycles. The summed E-state index contributed by atoms with van der Waals surface area (Å²) in [6.07, 6.45) is 6.36. The minimum Gasteiger partial charge on any atom is -0.492 e. The molecule has 0 saturated carbocycles. The Bertz CT molecular complexity index is 756. The van der Waals surface area contributed by atoms with Gasteiger partial charge in [-0.15, -0.1) is 0 Å². The Balaban J connectivity index is 1.66. The van der Waals surface area contributed by atoms with Gasteiger partial charge in [0.05, 0.1) is 25.3 Å². The highest BCUT2D eigenvalue weighted by atomic mass is 16.5. The molecule has 1 aliphatic rings. The molecule has 7 heteroatoms. The number of carbonyl (C=O) groups excluding carboxylic acids is 1. The van der Waals surface area contributed by atoms with Crippen molar-refractivity contribution in [2.75, 3.05) is 33.8 Å². The smallest absolute Gasteiger partial charge is 0.226 e. The van der Waals surface area contributed by atoms with Crippen LogP contribution >= 0.6 is 0 Å². The summed E-state index contributed by atoms with van der Waals surface area (Å²) in [6, 6.07) is 3.89. The first-order valence-corrected chi connectivity index (χ1v) is 9.37. The van der Waals surface area contributed by atoms with Gasteiger partial charge in [0.1, 0.15) is 11.6 Å². The molecular weight excluding hydrogens is 342 g/mol. The van der Waals surface area contributed by atoms with Gasteiger partial charge in [-0.3, -0.25) is 14.7 Å². The van der Waals surface area contributed by atoms with Crippen LogP contribution < -0.4 is 4.74 Å². The van der Waals surface area contributed by atoms with Gasteiger partial charge in [-0.2, -0.15) is 0 Å². The molecule has 2 aromatic rings. The van der Waals surface area contributed by atoms with Crippen LogP contribution in [0.15, 0.2) is 30.7 Å². The van der Waals surface area contributed by atoms with Gasteiger partial charge >= 0.3 is 0 Å². The molecule has 3 rings (SSSR count). The summed E-state index contributed by atoms with van der Waals surface area (Å²) < 4.78 is 7.99. The fraction of sp³-hybridized carbons (Fsp3) is 0.550. The molecule has 1 aliphatic heterocycles. The van der Waals surface area contributed by atoms with Crippen LogP contribution in [0.2, 0.25) is 0 Å². The lowest BCUT2D eigenvalue weighted by Crippen LogP contribution is -2.47. The second kappa shape index (κ2) is 8.52. The first-order chi connectivity index (χ1) is 12.9. The summed E-state index contributed by atoms with van der Waals surface area (Å²) in [5.41, 5.74) is 0.970.